The average molecular weight is 199 g/mol. The van der Waals surface area contributed by atoms with Crippen molar-refractivity contribution in [3.63, 3.8) is 0 Å². The number of benzene rings is 1. The maximum atomic E-state index is 5.57. The lowest BCUT2D eigenvalue weighted by Gasteiger charge is -2.19. The Morgan fingerprint density at radius 1 is 1.20 bits per heavy atom. The minimum absolute atomic E-state index is 0.00725. The fourth-order valence-corrected chi connectivity index (χ4v) is 2.22. The Bertz CT molecular complexity index is 575. The van der Waals surface area contributed by atoms with Crippen LogP contribution in [0.3, 0.4) is 0 Å². The number of hydrogen-bond acceptors (Lipinski definition) is 2. The summed E-state index contributed by atoms with van der Waals surface area (Å²) in [6.45, 7) is 6.47. The highest BCUT2D eigenvalue weighted by Crippen LogP contribution is 2.44. The van der Waals surface area contributed by atoms with E-state index in [-0.39, 0.29) is 5.41 Å². The van der Waals surface area contributed by atoms with Crippen LogP contribution < -0.4 is 0 Å². The first-order valence-electron chi connectivity index (χ1n) is 5.17. The molecule has 0 bridgehead atoms. The predicted molar refractivity (Wildman–Crippen MR) is 62.0 cm³/mol. The van der Waals surface area contributed by atoms with Crippen molar-refractivity contribution < 1.29 is 4.42 Å². The van der Waals surface area contributed by atoms with Gasteiger partial charge in [0.25, 0.3) is 0 Å². The van der Waals surface area contributed by atoms with Crippen molar-refractivity contribution in [2.24, 2.45) is 4.99 Å². The second-order valence-electron chi connectivity index (χ2n) is 4.62. The minimum atomic E-state index is -0.00725. The molecule has 0 atom stereocenters. The Kier molecular flexibility index (Phi) is 1.46. The van der Waals surface area contributed by atoms with Gasteiger partial charge in [-0.05, 0) is 25.1 Å². The van der Waals surface area contributed by atoms with Crippen LogP contribution in [0.5, 0.6) is 0 Å². The van der Waals surface area contributed by atoms with Gasteiger partial charge in [-0.3, -0.25) is 4.99 Å². The lowest BCUT2D eigenvalue weighted by atomic mass is 9.81. The van der Waals surface area contributed by atoms with E-state index in [9.17, 15) is 0 Å². The molecule has 76 valence electrons. The van der Waals surface area contributed by atoms with Gasteiger partial charge in [0.2, 0.25) is 0 Å². The van der Waals surface area contributed by atoms with Crippen LogP contribution in [0.25, 0.3) is 11.0 Å². The molecule has 1 aliphatic heterocycles. The molecule has 0 amide bonds. The summed E-state index contributed by atoms with van der Waals surface area (Å²) in [5.74, 6) is 0. The third-order valence-electron chi connectivity index (χ3n) is 3.42. The average Bonchev–Trinajstić information content (AvgIpc) is 2.71. The first kappa shape index (κ1) is 8.72. The van der Waals surface area contributed by atoms with E-state index >= 15 is 0 Å². The quantitative estimate of drug-likeness (QED) is 0.633. The lowest BCUT2D eigenvalue weighted by Crippen LogP contribution is -2.22. The smallest absolute Gasteiger partial charge is 0.140 e. The summed E-state index contributed by atoms with van der Waals surface area (Å²) in [7, 11) is 0. The van der Waals surface area contributed by atoms with Crippen molar-refractivity contribution in [1.29, 1.82) is 0 Å². The van der Waals surface area contributed by atoms with Crippen molar-refractivity contribution in [3.8, 4) is 0 Å². The van der Waals surface area contributed by atoms with Crippen LogP contribution >= 0.6 is 0 Å². The molecule has 0 N–H and O–H groups in total. The number of nitrogens with zero attached hydrogens (tertiary/aromatic N) is 1. The number of fused-ring (bicyclic) bond motifs is 3. The molecule has 0 aliphatic carbocycles. The molecular formula is C13H13NO. The van der Waals surface area contributed by atoms with Gasteiger partial charge in [0.1, 0.15) is 5.58 Å². The highest BCUT2D eigenvalue weighted by atomic mass is 16.3. The molecule has 2 nitrogen and oxygen atoms in total. The predicted octanol–water partition coefficient (Wildman–Crippen LogP) is 3.82. The lowest BCUT2D eigenvalue weighted by molar-refractivity contribution is 0.600. The molecule has 2 aromatic rings. The summed E-state index contributed by atoms with van der Waals surface area (Å²) in [4.78, 5) is 4.59. The SMILES string of the molecule is CC1=Nc2ccc3ccoc3c2C1(C)C. The summed E-state index contributed by atoms with van der Waals surface area (Å²) < 4.78 is 5.57. The molecule has 2 heteroatoms. The summed E-state index contributed by atoms with van der Waals surface area (Å²) in [6, 6.07) is 6.14. The van der Waals surface area contributed by atoms with Crippen LogP contribution in [-0.2, 0) is 5.41 Å². The maximum absolute atomic E-state index is 5.57. The van der Waals surface area contributed by atoms with Gasteiger partial charge in [-0.25, -0.2) is 0 Å². The van der Waals surface area contributed by atoms with E-state index in [0.717, 1.165) is 22.4 Å². The van der Waals surface area contributed by atoms with E-state index in [1.54, 1.807) is 6.26 Å². The Morgan fingerprint density at radius 3 is 2.80 bits per heavy atom. The Hall–Kier alpha value is -1.57. The number of rotatable bonds is 0. The monoisotopic (exact) mass is 199 g/mol. The molecule has 15 heavy (non-hydrogen) atoms. The largest absolute Gasteiger partial charge is 0.464 e. The van der Waals surface area contributed by atoms with E-state index in [4.69, 9.17) is 4.42 Å². The highest BCUT2D eigenvalue weighted by Gasteiger charge is 2.35. The molecule has 1 aliphatic rings. The van der Waals surface area contributed by atoms with E-state index < -0.39 is 0 Å². The van der Waals surface area contributed by atoms with Crippen LogP contribution in [0.4, 0.5) is 5.69 Å². The van der Waals surface area contributed by atoms with Gasteiger partial charge in [0.15, 0.2) is 0 Å². The van der Waals surface area contributed by atoms with Crippen LogP contribution in [0.2, 0.25) is 0 Å². The molecule has 1 aromatic carbocycles. The summed E-state index contributed by atoms with van der Waals surface area (Å²) in [5.41, 5.74) is 4.41. The fraction of sp³-hybridized carbons (Fsp3) is 0.308. The second kappa shape index (κ2) is 2.51. The summed E-state index contributed by atoms with van der Waals surface area (Å²) in [5, 5.41) is 1.16. The molecule has 3 rings (SSSR count). The van der Waals surface area contributed by atoms with Crippen molar-refractivity contribution in [1.82, 2.24) is 0 Å². The van der Waals surface area contributed by atoms with E-state index in [1.165, 1.54) is 5.56 Å². The molecule has 0 saturated carbocycles. The number of furan rings is 1. The van der Waals surface area contributed by atoms with Crippen LogP contribution in [0.15, 0.2) is 33.9 Å². The summed E-state index contributed by atoms with van der Waals surface area (Å²) >= 11 is 0. The minimum Gasteiger partial charge on any atom is -0.464 e. The maximum Gasteiger partial charge on any atom is 0.140 e. The third-order valence-corrected chi connectivity index (χ3v) is 3.42. The van der Waals surface area contributed by atoms with Gasteiger partial charge in [0.05, 0.1) is 12.0 Å². The van der Waals surface area contributed by atoms with Crippen molar-refractivity contribution >= 4 is 22.4 Å². The topological polar surface area (TPSA) is 25.5 Å². The normalized spacial score (nSPS) is 17.9. The zero-order valence-electron chi connectivity index (χ0n) is 9.16. The molecule has 0 fully saturated rings. The fourth-order valence-electron chi connectivity index (χ4n) is 2.22. The summed E-state index contributed by atoms with van der Waals surface area (Å²) in [6.07, 6.45) is 1.74. The Labute approximate surface area is 88.6 Å². The van der Waals surface area contributed by atoms with E-state index in [2.05, 4.69) is 37.9 Å². The number of hydrogen-bond donors (Lipinski definition) is 0. The van der Waals surface area contributed by atoms with Gasteiger partial charge < -0.3 is 4.42 Å². The molecule has 2 heterocycles. The Balaban J connectivity index is 2.45. The number of aliphatic imine (C=N–C) groups is 1. The standard InChI is InChI=1S/C13H13NO/c1-8-13(2,3)11-10(14-8)5-4-9-6-7-15-12(9)11/h4-7H,1-3H3. The van der Waals surface area contributed by atoms with Gasteiger partial charge >= 0.3 is 0 Å². The van der Waals surface area contributed by atoms with Crippen molar-refractivity contribution in [3.05, 3.63) is 30.0 Å². The molecule has 0 saturated heterocycles. The van der Waals surface area contributed by atoms with Crippen LogP contribution in [0, 0.1) is 0 Å². The first-order chi connectivity index (χ1) is 7.10. The van der Waals surface area contributed by atoms with E-state index in [0.29, 0.717) is 0 Å². The van der Waals surface area contributed by atoms with E-state index in [1.807, 2.05) is 6.07 Å². The zero-order valence-corrected chi connectivity index (χ0v) is 9.16. The first-order valence-corrected chi connectivity index (χ1v) is 5.17. The van der Waals surface area contributed by atoms with Gasteiger partial charge in [-0.15, -0.1) is 0 Å². The second-order valence-corrected chi connectivity index (χ2v) is 4.62. The molecule has 0 spiro atoms. The molecule has 0 unspecified atom stereocenters. The Morgan fingerprint density at radius 2 is 2.00 bits per heavy atom. The third kappa shape index (κ3) is 0.965. The molecule has 1 aromatic heterocycles. The molecule has 0 radical (unpaired) electrons. The van der Waals surface area contributed by atoms with Crippen molar-refractivity contribution in [2.45, 2.75) is 26.2 Å². The van der Waals surface area contributed by atoms with Gasteiger partial charge in [0, 0.05) is 22.1 Å². The van der Waals surface area contributed by atoms with Gasteiger partial charge in [-0.1, -0.05) is 13.8 Å². The van der Waals surface area contributed by atoms with Crippen LogP contribution in [0.1, 0.15) is 26.3 Å². The molecular weight excluding hydrogens is 186 g/mol. The highest BCUT2D eigenvalue weighted by molar-refractivity contribution is 6.04. The van der Waals surface area contributed by atoms with Crippen molar-refractivity contribution in [2.75, 3.05) is 0 Å². The van der Waals surface area contributed by atoms with Crippen LogP contribution in [-0.4, -0.2) is 5.71 Å². The van der Waals surface area contributed by atoms with Gasteiger partial charge in [-0.2, -0.15) is 0 Å². The zero-order chi connectivity index (χ0) is 10.6.